The minimum absolute atomic E-state index is 0.107. The van der Waals surface area contributed by atoms with Crippen LogP contribution in [0.3, 0.4) is 0 Å². The molecule has 2 atom stereocenters. The minimum Gasteiger partial charge on any atom is -0.388 e. The Kier molecular flexibility index (Phi) is 6.70. The lowest BCUT2D eigenvalue weighted by Gasteiger charge is -2.23. The first-order valence-electron chi connectivity index (χ1n) is 10.3. The second kappa shape index (κ2) is 9.81. The fraction of sp³-hybridized carbons (Fsp3) is 0.200. The SMILES string of the molecule is O=C(CC1Sc2ccccc2NC1=O)Nc1ccc(CCC(O)c2ccccc2)cc1. The van der Waals surface area contributed by atoms with Crippen LogP contribution in [-0.2, 0) is 16.0 Å². The molecule has 31 heavy (non-hydrogen) atoms. The van der Waals surface area contributed by atoms with Crippen molar-refractivity contribution in [3.8, 4) is 0 Å². The molecule has 0 bridgehead atoms. The highest BCUT2D eigenvalue weighted by molar-refractivity contribution is 8.01. The van der Waals surface area contributed by atoms with Crippen LogP contribution in [0.2, 0.25) is 0 Å². The van der Waals surface area contributed by atoms with Gasteiger partial charge >= 0.3 is 0 Å². The van der Waals surface area contributed by atoms with Crippen molar-refractivity contribution in [3.05, 3.63) is 90.0 Å². The number of fused-ring (bicyclic) bond motifs is 1. The number of aliphatic hydroxyl groups is 1. The van der Waals surface area contributed by atoms with E-state index in [9.17, 15) is 14.7 Å². The monoisotopic (exact) mass is 432 g/mol. The molecule has 2 unspecified atom stereocenters. The second-order valence-electron chi connectivity index (χ2n) is 7.51. The molecule has 0 aliphatic carbocycles. The van der Waals surface area contributed by atoms with Gasteiger partial charge in [-0.25, -0.2) is 0 Å². The first-order valence-corrected chi connectivity index (χ1v) is 11.1. The van der Waals surface area contributed by atoms with Crippen molar-refractivity contribution in [3.63, 3.8) is 0 Å². The van der Waals surface area contributed by atoms with Crippen molar-refractivity contribution in [2.45, 2.75) is 35.5 Å². The van der Waals surface area contributed by atoms with E-state index in [1.54, 1.807) is 0 Å². The number of carbonyl (C=O) groups is 2. The fourth-order valence-electron chi connectivity index (χ4n) is 3.51. The largest absolute Gasteiger partial charge is 0.388 e. The van der Waals surface area contributed by atoms with Gasteiger partial charge in [0.1, 0.15) is 0 Å². The normalized spacial score (nSPS) is 16.2. The Morgan fingerprint density at radius 2 is 1.71 bits per heavy atom. The van der Waals surface area contributed by atoms with E-state index >= 15 is 0 Å². The maximum absolute atomic E-state index is 12.5. The topological polar surface area (TPSA) is 78.4 Å². The summed E-state index contributed by atoms with van der Waals surface area (Å²) in [6.07, 6.45) is 0.980. The van der Waals surface area contributed by atoms with E-state index in [2.05, 4.69) is 10.6 Å². The zero-order chi connectivity index (χ0) is 21.6. The number of nitrogens with one attached hydrogen (secondary N) is 2. The number of hydrogen-bond acceptors (Lipinski definition) is 4. The average molecular weight is 433 g/mol. The van der Waals surface area contributed by atoms with Gasteiger partial charge in [-0.05, 0) is 48.2 Å². The molecule has 4 rings (SSSR count). The molecule has 0 radical (unpaired) electrons. The summed E-state index contributed by atoms with van der Waals surface area (Å²) in [4.78, 5) is 25.7. The van der Waals surface area contributed by atoms with Gasteiger partial charge in [-0.15, -0.1) is 11.8 Å². The summed E-state index contributed by atoms with van der Waals surface area (Å²) < 4.78 is 0. The number of hydrogen-bond donors (Lipinski definition) is 3. The molecule has 0 saturated heterocycles. The van der Waals surface area contributed by atoms with E-state index in [1.807, 2.05) is 78.9 Å². The van der Waals surface area contributed by atoms with Crippen molar-refractivity contribution >= 4 is 35.0 Å². The van der Waals surface area contributed by atoms with Crippen LogP contribution in [0.15, 0.2) is 83.8 Å². The Morgan fingerprint density at radius 3 is 2.48 bits per heavy atom. The number of amides is 2. The van der Waals surface area contributed by atoms with Gasteiger partial charge in [0, 0.05) is 17.0 Å². The lowest BCUT2D eigenvalue weighted by atomic mass is 10.0. The van der Waals surface area contributed by atoms with Crippen LogP contribution >= 0.6 is 11.8 Å². The van der Waals surface area contributed by atoms with Crippen LogP contribution in [0, 0.1) is 0 Å². The summed E-state index contributed by atoms with van der Waals surface area (Å²) in [7, 11) is 0. The number of carbonyl (C=O) groups excluding carboxylic acids is 2. The first kappa shape index (κ1) is 21.2. The van der Waals surface area contributed by atoms with E-state index in [4.69, 9.17) is 0 Å². The Morgan fingerprint density at radius 1 is 1.00 bits per heavy atom. The third-order valence-electron chi connectivity index (χ3n) is 5.21. The number of thioether (sulfide) groups is 1. The number of anilines is 2. The Hall–Kier alpha value is -3.09. The van der Waals surface area contributed by atoms with E-state index < -0.39 is 11.4 Å². The molecule has 5 nitrogen and oxygen atoms in total. The number of rotatable bonds is 7. The van der Waals surface area contributed by atoms with Gasteiger partial charge < -0.3 is 15.7 Å². The van der Waals surface area contributed by atoms with Crippen LogP contribution in [0.1, 0.15) is 30.1 Å². The van der Waals surface area contributed by atoms with Crippen LogP contribution in [0.4, 0.5) is 11.4 Å². The predicted octanol–water partition coefficient (Wildman–Crippen LogP) is 4.79. The molecular formula is C25H24N2O3S. The summed E-state index contributed by atoms with van der Waals surface area (Å²) in [6, 6.07) is 24.8. The molecule has 158 valence electrons. The molecule has 6 heteroatoms. The zero-order valence-corrected chi connectivity index (χ0v) is 17.8. The van der Waals surface area contributed by atoms with Gasteiger partial charge in [0.05, 0.1) is 17.0 Å². The average Bonchev–Trinajstić information content (AvgIpc) is 2.79. The van der Waals surface area contributed by atoms with Crippen molar-refractivity contribution in [1.29, 1.82) is 0 Å². The third-order valence-corrected chi connectivity index (χ3v) is 6.48. The molecule has 0 fully saturated rings. The third kappa shape index (κ3) is 5.54. The van der Waals surface area contributed by atoms with Gasteiger partial charge in [0.15, 0.2) is 0 Å². The number of aliphatic hydroxyl groups excluding tert-OH is 1. The predicted molar refractivity (Wildman–Crippen MR) is 124 cm³/mol. The number of para-hydroxylation sites is 1. The number of benzene rings is 3. The Balaban J connectivity index is 1.28. The number of aryl methyl sites for hydroxylation is 1. The maximum atomic E-state index is 12.5. The Bertz CT molecular complexity index is 1050. The minimum atomic E-state index is -0.496. The van der Waals surface area contributed by atoms with Crippen LogP contribution in [0.25, 0.3) is 0 Å². The van der Waals surface area contributed by atoms with Crippen LogP contribution in [-0.4, -0.2) is 22.2 Å². The van der Waals surface area contributed by atoms with Crippen molar-refractivity contribution in [1.82, 2.24) is 0 Å². The molecule has 3 N–H and O–H groups in total. The summed E-state index contributed by atoms with van der Waals surface area (Å²) in [6.45, 7) is 0. The molecule has 0 aromatic heterocycles. The van der Waals surface area contributed by atoms with Gasteiger partial charge in [0.2, 0.25) is 11.8 Å². The lowest BCUT2D eigenvalue weighted by Crippen LogP contribution is -2.32. The van der Waals surface area contributed by atoms with E-state index in [0.717, 1.165) is 28.1 Å². The molecular weight excluding hydrogens is 408 g/mol. The van der Waals surface area contributed by atoms with Crippen molar-refractivity contribution < 1.29 is 14.7 Å². The molecule has 0 spiro atoms. The molecule has 1 aliphatic heterocycles. The fourth-order valence-corrected chi connectivity index (χ4v) is 4.62. The second-order valence-corrected chi connectivity index (χ2v) is 8.75. The van der Waals surface area contributed by atoms with Gasteiger partial charge in [-0.3, -0.25) is 9.59 Å². The highest BCUT2D eigenvalue weighted by atomic mass is 32.2. The molecule has 0 saturated carbocycles. The van der Waals surface area contributed by atoms with E-state index in [-0.39, 0.29) is 18.2 Å². The zero-order valence-electron chi connectivity index (χ0n) is 17.0. The van der Waals surface area contributed by atoms with Crippen LogP contribution in [0.5, 0.6) is 0 Å². The summed E-state index contributed by atoms with van der Waals surface area (Å²) in [5, 5.41) is 15.6. The highest BCUT2D eigenvalue weighted by Gasteiger charge is 2.28. The Labute approximate surface area is 185 Å². The van der Waals surface area contributed by atoms with Crippen molar-refractivity contribution in [2.24, 2.45) is 0 Å². The van der Waals surface area contributed by atoms with E-state index in [0.29, 0.717) is 12.1 Å². The molecule has 3 aromatic carbocycles. The van der Waals surface area contributed by atoms with Gasteiger partial charge in [-0.2, -0.15) is 0 Å². The lowest BCUT2D eigenvalue weighted by molar-refractivity contribution is -0.120. The molecule has 1 aliphatic rings. The van der Waals surface area contributed by atoms with E-state index in [1.165, 1.54) is 11.8 Å². The smallest absolute Gasteiger partial charge is 0.238 e. The van der Waals surface area contributed by atoms with Crippen LogP contribution < -0.4 is 10.6 Å². The summed E-state index contributed by atoms with van der Waals surface area (Å²) >= 11 is 1.42. The first-order chi connectivity index (χ1) is 15.1. The summed E-state index contributed by atoms with van der Waals surface area (Å²) in [5.41, 5.74) is 3.49. The maximum Gasteiger partial charge on any atom is 0.238 e. The van der Waals surface area contributed by atoms with Crippen molar-refractivity contribution in [2.75, 3.05) is 10.6 Å². The molecule has 1 heterocycles. The molecule has 2 amide bonds. The van der Waals surface area contributed by atoms with Gasteiger partial charge in [0.25, 0.3) is 0 Å². The standard InChI is InChI=1S/C25H24N2O3S/c28-21(18-6-2-1-3-7-18)15-12-17-10-13-19(14-11-17)26-24(29)16-23-25(30)27-20-8-4-5-9-22(20)31-23/h1-11,13-14,21,23,28H,12,15-16H2,(H,26,29)(H,27,30). The van der Waals surface area contributed by atoms with Gasteiger partial charge in [-0.1, -0.05) is 54.6 Å². The molecule has 3 aromatic rings. The highest BCUT2D eigenvalue weighted by Crippen LogP contribution is 2.36. The summed E-state index contributed by atoms with van der Waals surface area (Å²) in [5.74, 6) is -0.342. The quantitative estimate of drug-likeness (QED) is 0.501.